The standard InChI is InChI=1S/C7H11ClN4/c1-3-12(2)6-5(9)4-10-7(8)11-6/h4H,3,9H2,1-2H3. The van der Waals surface area contributed by atoms with E-state index < -0.39 is 0 Å². The summed E-state index contributed by atoms with van der Waals surface area (Å²) in [5.41, 5.74) is 6.19. The highest BCUT2D eigenvalue weighted by atomic mass is 35.5. The fraction of sp³-hybridized carbons (Fsp3) is 0.429. The zero-order chi connectivity index (χ0) is 9.14. The molecule has 0 aliphatic heterocycles. The largest absolute Gasteiger partial charge is 0.394 e. The molecule has 1 aromatic rings. The van der Waals surface area contributed by atoms with Gasteiger partial charge < -0.3 is 10.6 Å². The van der Waals surface area contributed by atoms with Crippen LogP contribution in [0, 0.1) is 0 Å². The molecule has 0 saturated heterocycles. The lowest BCUT2D eigenvalue weighted by Gasteiger charge is -2.16. The number of nitrogens with zero attached hydrogens (tertiary/aromatic N) is 3. The van der Waals surface area contributed by atoms with Gasteiger partial charge in [-0.05, 0) is 18.5 Å². The van der Waals surface area contributed by atoms with Gasteiger partial charge in [0.25, 0.3) is 0 Å². The monoisotopic (exact) mass is 186 g/mol. The lowest BCUT2D eigenvalue weighted by atomic mass is 10.4. The van der Waals surface area contributed by atoms with Crippen molar-refractivity contribution in [1.29, 1.82) is 0 Å². The van der Waals surface area contributed by atoms with Gasteiger partial charge in [0.1, 0.15) is 0 Å². The first kappa shape index (κ1) is 9.06. The van der Waals surface area contributed by atoms with Gasteiger partial charge >= 0.3 is 0 Å². The van der Waals surface area contributed by atoms with Crippen LogP contribution in [0.3, 0.4) is 0 Å². The maximum absolute atomic E-state index is 5.64. The topological polar surface area (TPSA) is 55.0 Å². The third kappa shape index (κ3) is 1.76. The lowest BCUT2D eigenvalue weighted by Crippen LogP contribution is -2.19. The number of halogens is 1. The van der Waals surface area contributed by atoms with Gasteiger partial charge in [-0.1, -0.05) is 0 Å². The summed E-state index contributed by atoms with van der Waals surface area (Å²) in [6.07, 6.45) is 1.51. The fourth-order valence-corrected chi connectivity index (χ4v) is 0.946. The Hall–Kier alpha value is -1.03. The van der Waals surface area contributed by atoms with E-state index in [1.807, 2.05) is 18.9 Å². The predicted octanol–water partition coefficient (Wildman–Crippen LogP) is 1.17. The molecule has 0 bridgehead atoms. The van der Waals surface area contributed by atoms with Crippen molar-refractivity contribution in [3.63, 3.8) is 0 Å². The summed E-state index contributed by atoms with van der Waals surface area (Å²) in [5, 5.41) is 0.222. The van der Waals surface area contributed by atoms with E-state index in [2.05, 4.69) is 9.97 Å². The van der Waals surface area contributed by atoms with Crippen LogP contribution >= 0.6 is 11.6 Å². The van der Waals surface area contributed by atoms with Crippen molar-refractivity contribution in [2.75, 3.05) is 24.2 Å². The molecule has 12 heavy (non-hydrogen) atoms. The van der Waals surface area contributed by atoms with E-state index in [4.69, 9.17) is 17.3 Å². The molecule has 4 nitrogen and oxygen atoms in total. The van der Waals surface area contributed by atoms with Crippen LogP contribution in [0.2, 0.25) is 5.28 Å². The van der Waals surface area contributed by atoms with Crippen LogP contribution in [0.4, 0.5) is 11.5 Å². The lowest BCUT2D eigenvalue weighted by molar-refractivity contribution is 0.932. The molecular weight excluding hydrogens is 176 g/mol. The van der Waals surface area contributed by atoms with Crippen LogP contribution in [0.1, 0.15) is 6.92 Å². The van der Waals surface area contributed by atoms with Crippen molar-refractivity contribution in [3.8, 4) is 0 Å². The van der Waals surface area contributed by atoms with E-state index in [-0.39, 0.29) is 5.28 Å². The third-order valence-corrected chi connectivity index (χ3v) is 1.78. The van der Waals surface area contributed by atoms with Crippen molar-refractivity contribution in [2.45, 2.75) is 6.92 Å². The van der Waals surface area contributed by atoms with Gasteiger partial charge in [0.2, 0.25) is 5.28 Å². The second kappa shape index (κ2) is 3.58. The van der Waals surface area contributed by atoms with Gasteiger partial charge in [-0.15, -0.1) is 0 Å². The molecule has 1 heterocycles. The summed E-state index contributed by atoms with van der Waals surface area (Å²) in [5.74, 6) is 0.678. The van der Waals surface area contributed by atoms with Crippen LogP contribution in [-0.4, -0.2) is 23.6 Å². The third-order valence-electron chi connectivity index (χ3n) is 1.60. The van der Waals surface area contributed by atoms with Crippen molar-refractivity contribution in [2.24, 2.45) is 0 Å². The summed E-state index contributed by atoms with van der Waals surface area (Å²) < 4.78 is 0. The van der Waals surface area contributed by atoms with E-state index in [0.717, 1.165) is 6.54 Å². The molecule has 0 aliphatic carbocycles. The molecule has 5 heteroatoms. The average Bonchev–Trinajstić information content (AvgIpc) is 2.08. The quantitative estimate of drug-likeness (QED) is 0.705. The molecule has 1 aromatic heterocycles. The maximum Gasteiger partial charge on any atom is 0.224 e. The number of nitrogens with two attached hydrogens (primary N) is 1. The van der Waals surface area contributed by atoms with Gasteiger partial charge in [0.05, 0.1) is 11.9 Å². The Bertz CT molecular complexity index is 276. The number of hydrogen-bond donors (Lipinski definition) is 1. The number of nitrogen functional groups attached to an aromatic ring is 1. The zero-order valence-electron chi connectivity index (χ0n) is 7.08. The van der Waals surface area contributed by atoms with Crippen molar-refractivity contribution >= 4 is 23.1 Å². The van der Waals surface area contributed by atoms with Gasteiger partial charge in [-0.25, -0.2) is 4.98 Å². The summed E-state index contributed by atoms with van der Waals surface area (Å²) in [4.78, 5) is 9.66. The molecule has 2 N–H and O–H groups in total. The van der Waals surface area contributed by atoms with Crippen LogP contribution in [0.25, 0.3) is 0 Å². The molecule has 0 amide bonds. The van der Waals surface area contributed by atoms with Crippen LogP contribution < -0.4 is 10.6 Å². The zero-order valence-corrected chi connectivity index (χ0v) is 7.84. The maximum atomic E-state index is 5.64. The summed E-state index contributed by atoms with van der Waals surface area (Å²) in [6, 6.07) is 0. The Kier molecular flexibility index (Phi) is 2.70. The summed E-state index contributed by atoms with van der Waals surface area (Å²) in [7, 11) is 1.90. The Morgan fingerprint density at radius 2 is 2.33 bits per heavy atom. The molecule has 0 saturated carbocycles. The Balaban J connectivity index is 3.04. The van der Waals surface area contributed by atoms with E-state index in [9.17, 15) is 0 Å². The molecular formula is C7H11ClN4. The Morgan fingerprint density at radius 1 is 1.67 bits per heavy atom. The highest BCUT2D eigenvalue weighted by Gasteiger charge is 2.05. The molecule has 1 rings (SSSR count). The van der Waals surface area contributed by atoms with E-state index in [1.54, 1.807) is 0 Å². The molecule has 0 spiro atoms. The molecule has 0 radical (unpaired) electrons. The fourth-order valence-electron chi connectivity index (χ4n) is 0.817. The van der Waals surface area contributed by atoms with Gasteiger partial charge in [0, 0.05) is 13.6 Å². The van der Waals surface area contributed by atoms with E-state index in [1.165, 1.54) is 6.20 Å². The minimum absolute atomic E-state index is 0.222. The second-order valence-corrected chi connectivity index (χ2v) is 2.77. The molecule has 0 aromatic carbocycles. The highest BCUT2D eigenvalue weighted by molar-refractivity contribution is 6.28. The first-order valence-corrected chi connectivity index (χ1v) is 4.02. The predicted molar refractivity (Wildman–Crippen MR) is 50.4 cm³/mol. The minimum Gasteiger partial charge on any atom is -0.394 e. The summed E-state index contributed by atoms with van der Waals surface area (Å²) >= 11 is 5.61. The average molecular weight is 187 g/mol. The molecule has 0 unspecified atom stereocenters. The smallest absolute Gasteiger partial charge is 0.224 e. The van der Waals surface area contributed by atoms with Gasteiger partial charge in [0.15, 0.2) is 5.82 Å². The minimum atomic E-state index is 0.222. The highest BCUT2D eigenvalue weighted by Crippen LogP contribution is 2.18. The first-order valence-electron chi connectivity index (χ1n) is 3.64. The van der Waals surface area contributed by atoms with Gasteiger partial charge in [-0.2, -0.15) is 4.98 Å². The second-order valence-electron chi connectivity index (χ2n) is 2.43. The number of rotatable bonds is 2. The van der Waals surface area contributed by atoms with Crippen LogP contribution in [-0.2, 0) is 0 Å². The van der Waals surface area contributed by atoms with E-state index in [0.29, 0.717) is 11.5 Å². The van der Waals surface area contributed by atoms with Crippen LogP contribution in [0.15, 0.2) is 6.20 Å². The van der Waals surface area contributed by atoms with Crippen molar-refractivity contribution in [3.05, 3.63) is 11.5 Å². The number of anilines is 2. The van der Waals surface area contributed by atoms with Gasteiger partial charge in [-0.3, -0.25) is 0 Å². The SMILES string of the molecule is CCN(C)c1nc(Cl)ncc1N. The summed E-state index contributed by atoms with van der Waals surface area (Å²) in [6.45, 7) is 2.84. The van der Waals surface area contributed by atoms with Crippen molar-refractivity contribution in [1.82, 2.24) is 9.97 Å². The Labute approximate surface area is 76.4 Å². The Morgan fingerprint density at radius 3 is 2.92 bits per heavy atom. The first-order chi connectivity index (χ1) is 5.65. The molecule has 0 fully saturated rings. The van der Waals surface area contributed by atoms with Crippen LogP contribution in [0.5, 0.6) is 0 Å². The van der Waals surface area contributed by atoms with E-state index >= 15 is 0 Å². The number of aromatic nitrogens is 2. The molecule has 0 aliphatic rings. The molecule has 66 valence electrons. The number of hydrogen-bond acceptors (Lipinski definition) is 4. The van der Waals surface area contributed by atoms with Crippen molar-refractivity contribution < 1.29 is 0 Å². The normalized spacial score (nSPS) is 9.92. The molecule has 0 atom stereocenters.